The summed E-state index contributed by atoms with van der Waals surface area (Å²) in [6.45, 7) is 0.818. The zero-order valence-electron chi connectivity index (χ0n) is 13.6. The molecule has 0 bridgehead atoms. The molecule has 1 unspecified atom stereocenters. The van der Waals surface area contributed by atoms with E-state index in [1.807, 2.05) is 60.7 Å². The van der Waals surface area contributed by atoms with Crippen molar-refractivity contribution in [2.75, 3.05) is 0 Å². The number of nitrogens with one attached hydrogen (secondary N) is 2. The van der Waals surface area contributed by atoms with Gasteiger partial charge in [0, 0.05) is 19.5 Å². The van der Waals surface area contributed by atoms with Gasteiger partial charge in [-0.2, -0.15) is 0 Å². The van der Waals surface area contributed by atoms with Crippen LogP contribution in [-0.4, -0.2) is 23.6 Å². The molecule has 0 spiro atoms. The van der Waals surface area contributed by atoms with E-state index < -0.39 is 6.10 Å². The normalized spacial score (nSPS) is 15.8. The van der Waals surface area contributed by atoms with Crippen molar-refractivity contribution in [1.29, 1.82) is 0 Å². The number of carbonyl (C=O) groups excluding carboxylic acids is 2. The van der Waals surface area contributed by atoms with Crippen LogP contribution in [-0.2, 0) is 27.5 Å². The number of nitrogens with zero attached hydrogens (tertiary/aromatic N) is 1. The fourth-order valence-corrected chi connectivity index (χ4v) is 2.43. The second-order valence-corrected chi connectivity index (χ2v) is 5.71. The highest BCUT2D eigenvalue weighted by Crippen LogP contribution is 2.11. The van der Waals surface area contributed by atoms with Crippen molar-refractivity contribution in [3.63, 3.8) is 0 Å². The van der Waals surface area contributed by atoms with Gasteiger partial charge in [-0.3, -0.25) is 9.59 Å². The lowest BCUT2D eigenvalue weighted by Crippen LogP contribution is -2.36. The zero-order valence-corrected chi connectivity index (χ0v) is 13.6. The Kier molecular flexibility index (Phi) is 5.41. The van der Waals surface area contributed by atoms with Crippen molar-refractivity contribution < 1.29 is 14.4 Å². The Morgan fingerprint density at radius 2 is 1.48 bits per heavy atom. The van der Waals surface area contributed by atoms with Crippen molar-refractivity contribution in [3.05, 3.63) is 71.8 Å². The summed E-state index contributed by atoms with van der Waals surface area (Å²) >= 11 is 0. The van der Waals surface area contributed by atoms with Gasteiger partial charge in [0.25, 0.3) is 11.8 Å². The van der Waals surface area contributed by atoms with Gasteiger partial charge in [0.2, 0.25) is 6.10 Å². The average Bonchev–Trinajstić information content (AvgIpc) is 3.16. The van der Waals surface area contributed by atoms with Crippen molar-refractivity contribution >= 4 is 17.5 Å². The molecule has 2 N–H and O–H groups in total. The number of benzene rings is 2. The number of oxime groups is 1. The van der Waals surface area contributed by atoms with Gasteiger partial charge >= 0.3 is 0 Å². The lowest BCUT2D eigenvalue weighted by Gasteiger charge is -2.09. The molecule has 0 radical (unpaired) electrons. The third-order valence-corrected chi connectivity index (χ3v) is 3.83. The molecule has 0 saturated heterocycles. The van der Waals surface area contributed by atoms with Gasteiger partial charge in [0.15, 0.2) is 0 Å². The molecule has 1 aliphatic rings. The molecule has 2 aromatic rings. The molecule has 2 amide bonds. The molecule has 0 aromatic heterocycles. The summed E-state index contributed by atoms with van der Waals surface area (Å²) < 4.78 is 0. The van der Waals surface area contributed by atoms with E-state index in [0.29, 0.717) is 13.1 Å². The van der Waals surface area contributed by atoms with Gasteiger partial charge in [-0.15, -0.1) is 0 Å². The standard InChI is InChI=1S/C19H19N3O3/c23-18(20-12-14-7-3-1-4-8-14)16-11-17(25-22-16)19(24)21-13-15-9-5-2-6-10-15/h1-10,17H,11-13H2,(H,20,23)(H,21,24). The Morgan fingerprint density at radius 3 is 2.08 bits per heavy atom. The summed E-state index contributed by atoms with van der Waals surface area (Å²) in [4.78, 5) is 29.3. The first-order chi connectivity index (χ1) is 12.2. The Morgan fingerprint density at radius 1 is 0.920 bits per heavy atom. The van der Waals surface area contributed by atoms with Crippen molar-refractivity contribution in [3.8, 4) is 0 Å². The molecular formula is C19H19N3O3. The summed E-state index contributed by atoms with van der Waals surface area (Å²) in [5.74, 6) is -0.597. The van der Waals surface area contributed by atoms with Crippen molar-refractivity contribution in [2.45, 2.75) is 25.6 Å². The summed E-state index contributed by atoms with van der Waals surface area (Å²) in [5, 5.41) is 9.32. The van der Waals surface area contributed by atoms with Crippen LogP contribution in [0.2, 0.25) is 0 Å². The average molecular weight is 337 g/mol. The van der Waals surface area contributed by atoms with Gasteiger partial charge in [0.05, 0.1) is 0 Å². The van der Waals surface area contributed by atoms with E-state index in [9.17, 15) is 9.59 Å². The molecule has 1 heterocycles. The molecule has 1 aliphatic heterocycles. The van der Waals surface area contributed by atoms with Gasteiger partial charge in [-0.25, -0.2) is 0 Å². The first-order valence-electron chi connectivity index (χ1n) is 8.09. The monoisotopic (exact) mass is 337 g/mol. The highest BCUT2D eigenvalue weighted by Gasteiger charge is 2.31. The summed E-state index contributed by atoms with van der Waals surface area (Å²) in [6.07, 6.45) is -0.595. The van der Waals surface area contributed by atoms with Crippen LogP contribution >= 0.6 is 0 Å². The number of hydrogen-bond donors (Lipinski definition) is 2. The van der Waals surface area contributed by atoms with Crippen LogP contribution in [0.25, 0.3) is 0 Å². The maximum Gasteiger partial charge on any atom is 0.269 e. The third-order valence-electron chi connectivity index (χ3n) is 3.83. The predicted molar refractivity (Wildman–Crippen MR) is 93.5 cm³/mol. The zero-order chi connectivity index (χ0) is 17.5. The number of rotatable bonds is 6. The van der Waals surface area contributed by atoms with Crippen LogP contribution in [0.4, 0.5) is 0 Å². The lowest BCUT2D eigenvalue weighted by atomic mass is 10.1. The second-order valence-electron chi connectivity index (χ2n) is 5.71. The van der Waals surface area contributed by atoms with E-state index in [1.165, 1.54) is 0 Å². The van der Waals surface area contributed by atoms with Crippen LogP contribution in [0, 0.1) is 0 Å². The first kappa shape index (κ1) is 16.7. The minimum absolute atomic E-state index is 0.168. The fraction of sp³-hybridized carbons (Fsp3) is 0.211. The number of amides is 2. The molecule has 0 fully saturated rings. The number of hydrogen-bond acceptors (Lipinski definition) is 4. The molecule has 6 heteroatoms. The van der Waals surface area contributed by atoms with Crippen LogP contribution in [0.15, 0.2) is 65.8 Å². The van der Waals surface area contributed by atoms with E-state index in [1.54, 1.807) is 0 Å². The lowest BCUT2D eigenvalue weighted by molar-refractivity contribution is -0.131. The van der Waals surface area contributed by atoms with Gasteiger partial charge < -0.3 is 15.5 Å². The predicted octanol–water partition coefficient (Wildman–Crippen LogP) is 1.76. The molecule has 3 rings (SSSR count). The molecule has 128 valence electrons. The van der Waals surface area contributed by atoms with Crippen LogP contribution in [0.3, 0.4) is 0 Å². The minimum atomic E-state index is -0.763. The minimum Gasteiger partial charge on any atom is -0.382 e. The van der Waals surface area contributed by atoms with Crippen molar-refractivity contribution in [1.82, 2.24) is 10.6 Å². The summed E-state index contributed by atoms with van der Waals surface area (Å²) in [6, 6.07) is 19.2. The maximum absolute atomic E-state index is 12.1. The van der Waals surface area contributed by atoms with Gasteiger partial charge in [-0.05, 0) is 11.1 Å². The highest BCUT2D eigenvalue weighted by molar-refractivity contribution is 6.39. The maximum atomic E-state index is 12.1. The van der Waals surface area contributed by atoms with Crippen LogP contribution in [0.1, 0.15) is 17.5 Å². The van der Waals surface area contributed by atoms with Gasteiger partial charge in [-0.1, -0.05) is 65.8 Å². The molecule has 25 heavy (non-hydrogen) atoms. The number of carbonyl (C=O) groups is 2. The first-order valence-corrected chi connectivity index (χ1v) is 8.09. The summed E-state index contributed by atoms with van der Waals surface area (Å²) in [5.41, 5.74) is 2.22. The van der Waals surface area contributed by atoms with Crippen molar-refractivity contribution in [2.24, 2.45) is 5.16 Å². The molecule has 2 aromatic carbocycles. The quantitative estimate of drug-likeness (QED) is 0.843. The van der Waals surface area contributed by atoms with E-state index >= 15 is 0 Å². The Bertz CT molecular complexity index is 760. The molecular weight excluding hydrogens is 318 g/mol. The third kappa shape index (κ3) is 4.67. The van der Waals surface area contributed by atoms with E-state index in [2.05, 4.69) is 15.8 Å². The van der Waals surface area contributed by atoms with E-state index in [-0.39, 0.29) is 23.9 Å². The van der Waals surface area contributed by atoms with Crippen LogP contribution in [0.5, 0.6) is 0 Å². The fourth-order valence-electron chi connectivity index (χ4n) is 2.43. The highest BCUT2D eigenvalue weighted by atomic mass is 16.6. The topological polar surface area (TPSA) is 79.8 Å². The largest absolute Gasteiger partial charge is 0.382 e. The van der Waals surface area contributed by atoms with E-state index in [0.717, 1.165) is 11.1 Å². The Labute approximate surface area is 145 Å². The van der Waals surface area contributed by atoms with Gasteiger partial charge in [0.1, 0.15) is 5.71 Å². The Balaban J connectivity index is 1.44. The Hall–Kier alpha value is -3.15. The van der Waals surface area contributed by atoms with E-state index in [4.69, 9.17) is 4.84 Å². The van der Waals surface area contributed by atoms with Crippen LogP contribution < -0.4 is 10.6 Å². The SMILES string of the molecule is O=C(NCc1ccccc1)C1=NOC(C(=O)NCc2ccccc2)C1. The molecule has 0 aliphatic carbocycles. The molecule has 6 nitrogen and oxygen atoms in total. The second kappa shape index (κ2) is 8.10. The smallest absolute Gasteiger partial charge is 0.269 e. The molecule has 0 saturated carbocycles. The molecule has 1 atom stereocenters. The summed E-state index contributed by atoms with van der Waals surface area (Å²) in [7, 11) is 0.